The Morgan fingerprint density at radius 1 is 0.957 bits per heavy atom. The molecule has 0 N–H and O–H groups in total. The minimum atomic E-state index is 0.0392. The quantitative estimate of drug-likeness (QED) is 0.538. The van der Waals surface area contributed by atoms with Crippen molar-refractivity contribution in [3.05, 3.63) is 55.3 Å². The highest BCUT2D eigenvalue weighted by Crippen LogP contribution is 2.23. The van der Waals surface area contributed by atoms with E-state index in [9.17, 15) is 9.59 Å². The number of thioether (sulfide) groups is 1. The van der Waals surface area contributed by atoms with Gasteiger partial charge in [-0.15, -0.1) is 34.4 Å². The number of Topliss-reactive ketones (excluding diaryl/α,β-unsaturated/α-hetero) is 2. The fraction of sp³-hybridized carbons (Fsp3) is 0.222. The van der Waals surface area contributed by atoms with Crippen LogP contribution in [0.25, 0.3) is 12.2 Å². The molecule has 0 aliphatic rings. The third kappa shape index (κ3) is 5.30. The topological polar surface area (TPSA) is 34.1 Å². The number of ketones is 2. The van der Waals surface area contributed by atoms with Gasteiger partial charge >= 0.3 is 0 Å². The molecule has 2 nitrogen and oxygen atoms in total. The first-order chi connectivity index (χ1) is 11.1. The van der Waals surface area contributed by atoms with Gasteiger partial charge in [-0.25, -0.2) is 0 Å². The van der Waals surface area contributed by atoms with Crippen LogP contribution in [0.15, 0.2) is 35.7 Å². The maximum absolute atomic E-state index is 12.2. The molecule has 0 saturated heterocycles. The Morgan fingerprint density at radius 3 is 1.96 bits per heavy atom. The van der Waals surface area contributed by atoms with Crippen LogP contribution in [0.5, 0.6) is 0 Å². The molecule has 0 spiro atoms. The SMILES string of the molecule is C/C=C/c1ccc(C(=O)CCC(=O)c2ccc(/C=C/SC)s2)s1. The summed E-state index contributed by atoms with van der Waals surface area (Å²) >= 11 is 4.57. The first-order valence-electron chi connectivity index (χ1n) is 7.22. The van der Waals surface area contributed by atoms with E-state index >= 15 is 0 Å². The monoisotopic (exact) mass is 362 g/mol. The standard InChI is InChI=1S/C18H18O2S3/c1-3-4-13-5-9-17(22-13)15(19)7-8-16(20)18-10-6-14(23-18)11-12-21-2/h3-6,9-12H,7-8H2,1-2H3/b4-3+,12-11+. The molecule has 0 atom stereocenters. The summed E-state index contributed by atoms with van der Waals surface area (Å²) in [4.78, 5) is 27.9. The van der Waals surface area contributed by atoms with Crippen molar-refractivity contribution in [3.8, 4) is 0 Å². The van der Waals surface area contributed by atoms with Crippen LogP contribution >= 0.6 is 34.4 Å². The molecule has 0 aliphatic carbocycles. The largest absolute Gasteiger partial charge is 0.293 e. The van der Waals surface area contributed by atoms with Gasteiger partial charge in [-0.1, -0.05) is 6.08 Å². The Bertz CT molecular complexity index is 735. The highest BCUT2D eigenvalue weighted by atomic mass is 32.2. The fourth-order valence-electron chi connectivity index (χ4n) is 1.96. The van der Waals surface area contributed by atoms with Crippen LogP contribution in [0.1, 0.15) is 48.9 Å². The highest BCUT2D eigenvalue weighted by molar-refractivity contribution is 8.01. The predicted molar refractivity (Wildman–Crippen MR) is 104 cm³/mol. The second kappa shape index (κ2) is 9.01. The molecule has 23 heavy (non-hydrogen) atoms. The Labute approximate surface area is 148 Å². The summed E-state index contributed by atoms with van der Waals surface area (Å²) in [6, 6.07) is 7.55. The van der Waals surface area contributed by atoms with Gasteiger partial charge in [0.1, 0.15) is 0 Å². The van der Waals surface area contributed by atoms with Crippen molar-refractivity contribution in [3.63, 3.8) is 0 Å². The van der Waals surface area contributed by atoms with E-state index in [1.54, 1.807) is 11.8 Å². The first kappa shape index (κ1) is 17.9. The van der Waals surface area contributed by atoms with Crippen molar-refractivity contribution in [1.29, 1.82) is 0 Å². The van der Waals surface area contributed by atoms with Crippen molar-refractivity contribution in [2.75, 3.05) is 6.26 Å². The number of carbonyl (C=O) groups excluding carboxylic acids is 2. The summed E-state index contributed by atoms with van der Waals surface area (Å²) in [6.07, 6.45) is 8.44. The van der Waals surface area contributed by atoms with Gasteiger partial charge in [-0.05, 0) is 55.0 Å². The third-order valence-electron chi connectivity index (χ3n) is 3.08. The van der Waals surface area contributed by atoms with E-state index in [4.69, 9.17) is 0 Å². The van der Waals surface area contributed by atoms with Crippen molar-refractivity contribution < 1.29 is 9.59 Å². The van der Waals surface area contributed by atoms with Gasteiger partial charge in [0.05, 0.1) is 9.75 Å². The molecule has 120 valence electrons. The molecule has 0 aromatic carbocycles. The second-order valence-corrected chi connectivity index (χ2v) is 7.76. The number of hydrogen-bond acceptors (Lipinski definition) is 5. The molecular formula is C18H18O2S3. The van der Waals surface area contributed by atoms with Gasteiger partial charge < -0.3 is 0 Å². The van der Waals surface area contributed by atoms with Crippen molar-refractivity contribution in [2.24, 2.45) is 0 Å². The maximum Gasteiger partial charge on any atom is 0.173 e. The lowest BCUT2D eigenvalue weighted by molar-refractivity contribution is 0.0921. The molecule has 0 amide bonds. The molecule has 2 aromatic rings. The molecule has 0 fully saturated rings. The lowest BCUT2D eigenvalue weighted by Gasteiger charge is -1.97. The van der Waals surface area contributed by atoms with Crippen LogP contribution in [-0.4, -0.2) is 17.8 Å². The van der Waals surface area contributed by atoms with E-state index in [0.717, 1.165) is 19.5 Å². The molecule has 2 rings (SSSR count). The molecule has 2 aromatic heterocycles. The predicted octanol–water partition coefficient (Wildman–Crippen LogP) is 6.02. The molecule has 5 heteroatoms. The minimum Gasteiger partial charge on any atom is -0.293 e. The number of hydrogen-bond donors (Lipinski definition) is 0. The summed E-state index contributed by atoms with van der Waals surface area (Å²) in [5.41, 5.74) is 0. The zero-order chi connectivity index (χ0) is 16.7. The van der Waals surface area contributed by atoms with Crippen molar-refractivity contribution >= 4 is 58.2 Å². The maximum atomic E-state index is 12.2. The summed E-state index contributed by atoms with van der Waals surface area (Å²) in [5, 5.41) is 1.99. The minimum absolute atomic E-state index is 0.0392. The van der Waals surface area contributed by atoms with Crippen LogP contribution in [0.2, 0.25) is 0 Å². The fourth-order valence-corrected chi connectivity index (χ4v) is 4.15. The average Bonchev–Trinajstić information content (AvgIpc) is 3.20. The number of allylic oxidation sites excluding steroid dienone is 1. The van der Waals surface area contributed by atoms with Crippen LogP contribution in [-0.2, 0) is 0 Å². The van der Waals surface area contributed by atoms with Gasteiger partial charge in [0, 0.05) is 22.6 Å². The summed E-state index contributed by atoms with van der Waals surface area (Å²) < 4.78 is 0. The van der Waals surface area contributed by atoms with Crippen LogP contribution in [0.3, 0.4) is 0 Å². The van der Waals surface area contributed by atoms with E-state index in [0.29, 0.717) is 0 Å². The van der Waals surface area contributed by atoms with Gasteiger partial charge in [0.2, 0.25) is 0 Å². The smallest absolute Gasteiger partial charge is 0.173 e. The summed E-state index contributed by atoms with van der Waals surface area (Å²) in [6.45, 7) is 1.95. The molecule has 2 heterocycles. The van der Waals surface area contributed by atoms with Gasteiger partial charge in [0.15, 0.2) is 11.6 Å². The zero-order valence-electron chi connectivity index (χ0n) is 13.1. The van der Waals surface area contributed by atoms with Gasteiger partial charge in [0.25, 0.3) is 0 Å². The zero-order valence-corrected chi connectivity index (χ0v) is 15.5. The van der Waals surface area contributed by atoms with Crippen molar-refractivity contribution in [1.82, 2.24) is 0 Å². The molecule has 0 radical (unpaired) electrons. The van der Waals surface area contributed by atoms with E-state index in [-0.39, 0.29) is 24.4 Å². The Morgan fingerprint density at radius 2 is 1.48 bits per heavy atom. The van der Waals surface area contributed by atoms with Crippen LogP contribution in [0, 0.1) is 0 Å². The second-order valence-electron chi connectivity index (χ2n) is 4.79. The summed E-state index contributed by atoms with van der Waals surface area (Å²) in [7, 11) is 0. The highest BCUT2D eigenvalue weighted by Gasteiger charge is 2.14. The molecule has 0 unspecified atom stereocenters. The Balaban J connectivity index is 1.91. The van der Waals surface area contributed by atoms with Crippen molar-refractivity contribution in [2.45, 2.75) is 19.8 Å². The van der Waals surface area contributed by atoms with E-state index in [1.807, 2.05) is 61.1 Å². The Hall–Kier alpha value is -1.43. The first-order valence-corrected chi connectivity index (χ1v) is 10.1. The number of thiophene rings is 2. The molecule has 0 saturated carbocycles. The van der Waals surface area contributed by atoms with Crippen LogP contribution in [0.4, 0.5) is 0 Å². The van der Waals surface area contributed by atoms with E-state index in [1.165, 1.54) is 22.7 Å². The number of carbonyl (C=O) groups is 2. The van der Waals surface area contributed by atoms with Gasteiger partial charge in [-0.2, -0.15) is 0 Å². The molecule has 0 aliphatic heterocycles. The lowest BCUT2D eigenvalue weighted by Crippen LogP contribution is -2.02. The third-order valence-corrected chi connectivity index (χ3v) is 5.67. The number of rotatable bonds is 8. The summed E-state index contributed by atoms with van der Waals surface area (Å²) in [5.74, 6) is 0.0792. The lowest BCUT2D eigenvalue weighted by atomic mass is 10.1. The van der Waals surface area contributed by atoms with Gasteiger partial charge in [-0.3, -0.25) is 9.59 Å². The normalized spacial score (nSPS) is 11.6. The van der Waals surface area contributed by atoms with Crippen LogP contribution < -0.4 is 0 Å². The average molecular weight is 363 g/mol. The Kier molecular flexibility index (Phi) is 7.02. The molecular weight excluding hydrogens is 344 g/mol. The molecule has 0 bridgehead atoms. The van der Waals surface area contributed by atoms with E-state index in [2.05, 4.69) is 0 Å². The van der Waals surface area contributed by atoms with E-state index < -0.39 is 0 Å².